The van der Waals surface area contributed by atoms with Crippen LogP contribution in [0.15, 0.2) is 0 Å². The van der Waals surface area contributed by atoms with Crippen molar-refractivity contribution in [3.05, 3.63) is 0 Å². The van der Waals surface area contributed by atoms with Crippen molar-refractivity contribution >= 4 is 0 Å². The Morgan fingerprint density at radius 3 is 0.714 bits per heavy atom. The molecule has 0 aromatic rings. The summed E-state index contributed by atoms with van der Waals surface area (Å²) < 4.78 is 15.2. The van der Waals surface area contributed by atoms with E-state index in [4.69, 9.17) is 0 Å². The van der Waals surface area contributed by atoms with Crippen molar-refractivity contribution in [2.45, 2.75) is 70.1 Å². The first-order valence-corrected chi connectivity index (χ1v) is 15.7. The van der Waals surface area contributed by atoms with Gasteiger partial charge in [-0.05, 0) is 0 Å². The molecule has 0 heterocycles. The van der Waals surface area contributed by atoms with Crippen molar-refractivity contribution in [3.63, 3.8) is 0 Å². The molecule has 0 aliphatic rings. The van der Waals surface area contributed by atoms with Crippen molar-refractivity contribution < 1.29 is 21.4 Å². The molecule has 0 atom stereocenters. The zero-order chi connectivity index (χ0) is 11.8. The van der Waals surface area contributed by atoms with Gasteiger partial charge in [-0.25, -0.2) is 0 Å². The van der Waals surface area contributed by atoms with Crippen LogP contribution >= 0.6 is 0 Å². The van der Waals surface area contributed by atoms with E-state index in [1.54, 1.807) is 0 Å². The second-order valence-electron chi connectivity index (χ2n) is 6.09. The summed E-state index contributed by atoms with van der Waals surface area (Å²) in [7, 11) is 0. The van der Waals surface area contributed by atoms with Crippen molar-refractivity contribution in [2.75, 3.05) is 0 Å². The summed E-state index contributed by atoms with van der Waals surface area (Å²) in [6.45, 7) is 17.4. The fraction of sp³-hybridized carbons (Fsp3) is 1.00. The zero-order valence-electron chi connectivity index (χ0n) is 11.2. The molecule has 1 nitrogen and oxygen atoms in total. The molecule has 0 unspecified atom stereocenters. The summed E-state index contributed by atoms with van der Waals surface area (Å²) in [4.78, 5) is 0. The van der Waals surface area contributed by atoms with E-state index in [1.165, 1.54) is 0 Å². The van der Waals surface area contributed by atoms with Gasteiger partial charge in [-0.1, -0.05) is 0 Å². The molecule has 2 heteroatoms. The van der Waals surface area contributed by atoms with Crippen LogP contribution in [0.5, 0.6) is 0 Å². The molecule has 0 aliphatic carbocycles. The first-order valence-electron chi connectivity index (χ1n) is 5.98. The Hall–Kier alpha value is 0.670. The van der Waals surface area contributed by atoms with Crippen LogP contribution in [0.1, 0.15) is 55.4 Å². The number of hydrogen-bond acceptors (Lipinski definition) is 1. The Kier molecular flexibility index (Phi) is 4.47. The average Bonchev–Trinajstić information content (AvgIpc) is 2.00. The zero-order valence-corrected chi connectivity index (χ0v) is 14.8. The molecule has 0 spiro atoms. The standard InChI is InChI=1S/4C3H7.Hf.O/c4*1-3-2;;/h4*3H,1-2H3;;. The summed E-state index contributed by atoms with van der Waals surface area (Å²) >= 11 is -3.95. The molecule has 0 aromatic heterocycles. The van der Waals surface area contributed by atoms with Gasteiger partial charge in [0.25, 0.3) is 0 Å². The fourth-order valence-electron chi connectivity index (χ4n) is 4.00. The molecular formula is C12H28HfO. The Morgan fingerprint density at radius 1 is 0.571 bits per heavy atom. The first-order chi connectivity index (χ1) is 6.10. The Balaban J connectivity index is 5.77. The minimum absolute atomic E-state index is 0.381. The molecule has 0 bridgehead atoms. The molecule has 0 amide bonds. The van der Waals surface area contributed by atoms with Crippen LogP contribution in [-0.2, 0) is 21.4 Å². The van der Waals surface area contributed by atoms with Crippen LogP contribution in [-0.4, -0.2) is 0 Å². The molecule has 0 radical (unpaired) electrons. The predicted octanol–water partition coefficient (Wildman–Crippen LogP) is 5.33. The van der Waals surface area contributed by atoms with Gasteiger partial charge in [0.2, 0.25) is 0 Å². The van der Waals surface area contributed by atoms with Gasteiger partial charge in [0.1, 0.15) is 0 Å². The third-order valence-electron chi connectivity index (χ3n) is 4.94. The number of hydrogen-bond donors (Lipinski definition) is 0. The summed E-state index contributed by atoms with van der Waals surface area (Å²) in [6.07, 6.45) is 0. The summed E-state index contributed by atoms with van der Waals surface area (Å²) in [5.41, 5.74) is 0. The minimum atomic E-state index is -3.95. The monoisotopic (exact) mass is 368 g/mol. The van der Waals surface area contributed by atoms with Gasteiger partial charge in [-0.3, -0.25) is 0 Å². The Morgan fingerprint density at radius 2 is 0.714 bits per heavy atom. The van der Waals surface area contributed by atoms with Gasteiger partial charge in [0, 0.05) is 0 Å². The Bertz CT molecular complexity index is 196. The van der Waals surface area contributed by atoms with Crippen LogP contribution in [0.3, 0.4) is 0 Å². The molecular weight excluding hydrogens is 339 g/mol. The third kappa shape index (κ3) is 1.62. The Labute approximate surface area is 91.2 Å². The fourth-order valence-corrected chi connectivity index (χ4v) is 32.7. The van der Waals surface area contributed by atoms with Crippen molar-refractivity contribution in [2.24, 2.45) is 0 Å². The van der Waals surface area contributed by atoms with Crippen LogP contribution < -0.4 is 0 Å². The molecule has 0 aliphatic heterocycles. The van der Waals surface area contributed by atoms with E-state index in [0.29, 0.717) is 14.7 Å². The normalized spacial score (nSPS) is 14.9. The second kappa shape index (κ2) is 4.27. The van der Waals surface area contributed by atoms with E-state index < -0.39 is 18.5 Å². The van der Waals surface area contributed by atoms with Gasteiger partial charge in [0.05, 0.1) is 0 Å². The van der Waals surface area contributed by atoms with E-state index in [-0.39, 0.29) is 0 Å². The average molecular weight is 367 g/mol. The molecule has 0 saturated carbocycles. The van der Waals surface area contributed by atoms with Crippen molar-refractivity contribution in [1.29, 1.82) is 0 Å². The molecule has 0 saturated heterocycles. The summed E-state index contributed by atoms with van der Waals surface area (Å²) in [6, 6.07) is 0. The van der Waals surface area contributed by atoms with Gasteiger partial charge < -0.3 is 0 Å². The summed E-state index contributed by atoms with van der Waals surface area (Å²) in [5.74, 6) is 0. The maximum absolute atomic E-state index is 13.7. The second-order valence-corrected chi connectivity index (χ2v) is 33.3. The molecule has 0 rings (SSSR count). The molecule has 0 fully saturated rings. The van der Waals surface area contributed by atoms with Crippen LogP contribution in [0.2, 0.25) is 14.7 Å². The van der Waals surface area contributed by atoms with Crippen molar-refractivity contribution in [3.8, 4) is 0 Å². The van der Waals surface area contributed by atoms with E-state index >= 15 is 0 Å². The molecule has 14 heavy (non-hydrogen) atoms. The van der Waals surface area contributed by atoms with E-state index in [9.17, 15) is 2.85 Å². The predicted molar refractivity (Wildman–Crippen MR) is 61.1 cm³/mol. The van der Waals surface area contributed by atoms with Crippen molar-refractivity contribution in [1.82, 2.24) is 0 Å². The third-order valence-corrected chi connectivity index (χ3v) is 40.5. The van der Waals surface area contributed by atoms with Crippen LogP contribution in [0.4, 0.5) is 0 Å². The molecule has 86 valence electrons. The number of rotatable bonds is 4. The molecule has 0 aromatic carbocycles. The van der Waals surface area contributed by atoms with E-state index in [1.807, 2.05) is 0 Å². The van der Waals surface area contributed by atoms with Gasteiger partial charge in [0.15, 0.2) is 0 Å². The summed E-state index contributed by atoms with van der Waals surface area (Å²) in [5, 5.41) is 0. The van der Waals surface area contributed by atoms with E-state index in [2.05, 4.69) is 55.4 Å². The van der Waals surface area contributed by atoms with Gasteiger partial charge >= 0.3 is 91.4 Å². The van der Waals surface area contributed by atoms with Gasteiger partial charge in [-0.2, -0.15) is 0 Å². The quantitative estimate of drug-likeness (QED) is 0.614. The van der Waals surface area contributed by atoms with E-state index in [0.717, 1.165) is 0 Å². The topological polar surface area (TPSA) is 17.1 Å². The van der Waals surface area contributed by atoms with Crippen LogP contribution in [0.25, 0.3) is 0 Å². The SMILES string of the molecule is C[CH](C)[Hf](=[O])([CH](C)C)([CH](C)C)[CH](C)C. The first kappa shape index (κ1) is 14.7. The van der Waals surface area contributed by atoms with Gasteiger partial charge in [-0.15, -0.1) is 0 Å². The van der Waals surface area contributed by atoms with Crippen LogP contribution in [0, 0.1) is 0 Å². The maximum atomic E-state index is 13.7. The molecule has 0 N–H and O–H groups in total.